The molecule has 2 rings (SSSR count). The van der Waals surface area contributed by atoms with Gasteiger partial charge < -0.3 is 15.2 Å². The molecule has 2 N–H and O–H groups in total. The monoisotopic (exact) mass is 297 g/mol. The standard InChI is InChI=1S/C15H20ClNO3/c1-3-14(2)10-15(13(18)19,8-9-20-14)17-12-6-4-11(16)5-7-12/h4-7,17H,3,8-10H2,1-2H3,(H,18,19). The molecule has 1 aromatic rings. The number of nitrogens with one attached hydrogen (secondary N) is 1. The van der Waals surface area contributed by atoms with Gasteiger partial charge in [-0.3, -0.25) is 0 Å². The number of carboxylic acids is 1. The molecule has 1 aliphatic heterocycles. The highest BCUT2D eigenvalue weighted by molar-refractivity contribution is 6.30. The van der Waals surface area contributed by atoms with Crippen LogP contribution in [0.2, 0.25) is 5.02 Å². The van der Waals surface area contributed by atoms with Crippen LogP contribution in [-0.4, -0.2) is 28.8 Å². The minimum Gasteiger partial charge on any atom is -0.480 e. The van der Waals surface area contributed by atoms with Crippen molar-refractivity contribution in [3.05, 3.63) is 29.3 Å². The first-order valence-corrected chi connectivity index (χ1v) is 7.18. The van der Waals surface area contributed by atoms with E-state index in [0.29, 0.717) is 24.5 Å². The maximum atomic E-state index is 11.8. The molecule has 0 amide bonds. The number of rotatable bonds is 4. The van der Waals surface area contributed by atoms with Gasteiger partial charge in [0.2, 0.25) is 0 Å². The third kappa shape index (κ3) is 3.07. The molecule has 1 aromatic carbocycles. The lowest BCUT2D eigenvalue weighted by Crippen LogP contribution is -2.56. The minimum atomic E-state index is -0.989. The molecule has 5 heteroatoms. The molecule has 0 spiro atoms. The highest BCUT2D eigenvalue weighted by Crippen LogP contribution is 2.37. The van der Waals surface area contributed by atoms with E-state index in [1.54, 1.807) is 24.3 Å². The van der Waals surface area contributed by atoms with Gasteiger partial charge in [0.05, 0.1) is 12.2 Å². The summed E-state index contributed by atoms with van der Waals surface area (Å²) in [7, 11) is 0. The number of carbonyl (C=O) groups is 1. The van der Waals surface area contributed by atoms with Crippen LogP contribution in [0, 0.1) is 0 Å². The van der Waals surface area contributed by atoms with E-state index in [-0.39, 0.29) is 0 Å². The van der Waals surface area contributed by atoms with Crippen molar-refractivity contribution in [3.8, 4) is 0 Å². The van der Waals surface area contributed by atoms with Gasteiger partial charge in [0, 0.05) is 23.6 Å². The van der Waals surface area contributed by atoms with E-state index in [1.165, 1.54) is 0 Å². The molecular weight excluding hydrogens is 278 g/mol. The van der Waals surface area contributed by atoms with Crippen molar-refractivity contribution in [1.82, 2.24) is 0 Å². The second-order valence-corrected chi connectivity index (χ2v) is 6.03. The molecule has 2 atom stereocenters. The molecule has 1 aliphatic rings. The number of aliphatic carboxylic acids is 1. The highest BCUT2D eigenvalue weighted by Gasteiger charge is 2.47. The summed E-state index contributed by atoms with van der Waals surface area (Å²) in [5, 5.41) is 13.5. The Hall–Kier alpha value is -1.26. The third-order valence-corrected chi connectivity index (χ3v) is 4.29. The summed E-state index contributed by atoms with van der Waals surface area (Å²) in [6, 6.07) is 7.09. The molecule has 0 radical (unpaired) electrons. The molecule has 0 saturated carbocycles. The van der Waals surface area contributed by atoms with Gasteiger partial charge in [-0.25, -0.2) is 4.79 Å². The zero-order valence-electron chi connectivity index (χ0n) is 11.8. The zero-order valence-corrected chi connectivity index (χ0v) is 12.5. The van der Waals surface area contributed by atoms with Crippen LogP contribution in [0.25, 0.3) is 0 Å². The molecule has 0 bridgehead atoms. The topological polar surface area (TPSA) is 58.6 Å². The second kappa shape index (κ2) is 5.62. The predicted octanol–water partition coefficient (Wildman–Crippen LogP) is 3.55. The van der Waals surface area contributed by atoms with Gasteiger partial charge in [0.15, 0.2) is 0 Å². The van der Waals surface area contributed by atoms with E-state index in [9.17, 15) is 9.90 Å². The van der Waals surface area contributed by atoms with Crippen LogP contribution in [0.4, 0.5) is 5.69 Å². The molecule has 1 fully saturated rings. The Kier molecular flexibility index (Phi) is 4.25. The number of anilines is 1. The summed E-state index contributed by atoms with van der Waals surface area (Å²) >= 11 is 5.86. The minimum absolute atomic E-state index is 0.407. The molecule has 0 aromatic heterocycles. The highest BCUT2D eigenvalue weighted by atomic mass is 35.5. The van der Waals surface area contributed by atoms with Crippen molar-refractivity contribution in [3.63, 3.8) is 0 Å². The Morgan fingerprint density at radius 2 is 2.10 bits per heavy atom. The molecule has 110 valence electrons. The lowest BCUT2D eigenvalue weighted by molar-refractivity contribution is -0.154. The van der Waals surface area contributed by atoms with Crippen molar-refractivity contribution < 1.29 is 14.6 Å². The summed E-state index contributed by atoms with van der Waals surface area (Å²) in [6.07, 6.45) is 1.67. The van der Waals surface area contributed by atoms with Crippen molar-refractivity contribution in [2.24, 2.45) is 0 Å². The Labute approximate surface area is 124 Å². The molecular formula is C15H20ClNO3. The molecule has 1 saturated heterocycles. The SMILES string of the molecule is CCC1(C)CC(Nc2ccc(Cl)cc2)(C(=O)O)CCO1. The smallest absolute Gasteiger partial charge is 0.329 e. The van der Waals surface area contributed by atoms with Crippen molar-refractivity contribution in [1.29, 1.82) is 0 Å². The first-order chi connectivity index (χ1) is 9.39. The van der Waals surface area contributed by atoms with Gasteiger partial charge in [-0.1, -0.05) is 18.5 Å². The van der Waals surface area contributed by atoms with E-state index in [4.69, 9.17) is 16.3 Å². The van der Waals surface area contributed by atoms with Crippen LogP contribution in [0.15, 0.2) is 24.3 Å². The number of carboxylic acid groups (broad SMARTS) is 1. The maximum Gasteiger partial charge on any atom is 0.329 e. The van der Waals surface area contributed by atoms with Crippen LogP contribution in [0.1, 0.15) is 33.1 Å². The number of halogens is 1. The lowest BCUT2D eigenvalue weighted by atomic mass is 9.79. The number of ether oxygens (including phenoxy) is 1. The molecule has 20 heavy (non-hydrogen) atoms. The van der Waals surface area contributed by atoms with Gasteiger partial charge >= 0.3 is 5.97 Å². The van der Waals surface area contributed by atoms with E-state index in [1.807, 2.05) is 13.8 Å². The van der Waals surface area contributed by atoms with E-state index in [2.05, 4.69) is 5.32 Å². The Balaban J connectivity index is 2.26. The summed E-state index contributed by atoms with van der Waals surface area (Å²) < 4.78 is 5.75. The number of benzene rings is 1. The van der Waals surface area contributed by atoms with E-state index >= 15 is 0 Å². The Bertz CT molecular complexity index is 490. The van der Waals surface area contributed by atoms with Gasteiger partial charge in [-0.2, -0.15) is 0 Å². The quantitative estimate of drug-likeness (QED) is 0.892. The molecule has 2 unspecified atom stereocenters. The average molecular weight is 298 g/mol. The van der Waals surface area contributed by atoms with Gasteiger partial charge in [-0.05, 0) is 37.6 Å². The normalized spacial score (nSPS) is 29.9. The first-order valence-electron chi connectivity index (χ1n) is 6.80. The fourth-order valence-electron chi connectivity index (χ4n) is 2.63. The summed E-state index contributed by atoms with van der Waals surface area (Å²) in [5.74, 6) is -0.838. The van der Waals surface area contributed by atoms with Gasteiger partial charge in [-0.15, -0.1) is 0 Å². The van der Waals surface area contributed by atoms with Crippen molar-refractivity contribution in [2.45, 2.75) is 44.2 Å². The fraction of sp³-hybridized carbons (Fsp3) is 0.533. The lowest BCUT2D eigenvalue weighted by Gasteiger charge is -2.44. The van der Waals surface area contributed by atoms with Crippen LogP contribution >= 0.6 is 11.6 Å². The van der Waals surface area contributed by atoms with Gasteiger partial charge in [0.25, 0.3) is 0 Å². The Morgan fingerprint density at radius 1 is 1.45 bits per heavy atom. The average Bonchev–Trinajstić information content (AvgIpc) is 2.41. The van der Waals surface area contributed by atoms with E-state index < -0.39 is 17.1 Å². The van der Waals surface area contributed by atoms with Crippen molar-refractivity contribution >= 4 is 23.3 Å². The summed E-state index contributed by atoms with van der Waals surface area (Å²) in [5.41, 5.74) is -0.635. The Morgan fingerprint density at radius 3 is 2.65 bits per heavy atom. The molecule has 0 aliphatic carbocycles. The summed E-state index contributed by atoms with van der Waals surface area (Å²) in [6.45, 7) is 4.42. The molecule has 4 nitrogen and oxygen atoms in total. The van der Waals surface area contributed by atoms with Crippen LogP contribution in [0.5, 0.6) is 0 Å². The molecule has 1 heterocycles. The summed E-state index contributed by atoms with van der Waals surface area (Å²) in [4.78, 5) is 11.8. The zero-order chi connectivity index (χ0) is 14.8. The van der Waals surface area contributed by atoms with Gasteiger partial charge in [0.1, 0.15) is 5.54 Å². The fourth-order valence-corrected chi connectivity index (χ4v) is 2.75. The maximum absolute atomic E-state index is 11.8. The second-order valence-electron chi connectivity index (χ2n) is 5.60. The van der Waals surface area contributed by atoms with Crippen molar-refractivity contribution in [2.75, 3.05) is 11.9 Å². The van der Waals surface area contributed by atoms with E-state index in [0.717, 1.165) is 12.1 Å². The predicted molar refractivity (Wildman–Crippen MR) is 79.3 cm³/mol. The number of hydrogen-bond acceptors (Lipinski definition) is 3. The largest absolute Gasteiger partial charge is 0.480 e. The number of hydrogen-bond donors (Lipinski definition) is 2. The first kappa shape index (κ1) is 15.1. The van der Waals surface area contributed by atoms with Crippen LogP contribution in [-0.2, 0) is 9.53 Å². The van der Waals surface area contributed by atoms with Crippen LogP contribution in [0.3, 0.4) is 0 Å². The third-order valence-electron chi connectivity index (χ3n) is 4.04. The van der Waals surface area contributed by atoms with Crippen LogP contribution < -0.4 is 5.32 Å².